The first-order valence-corrected chi connectivity index (χ1v) is 7.04. The quantitative estimate of drug-likeness (QED) is 0.621. The second-order valence-electron chi connectivity index (χ2n) is 5.32. The van der Waals surface area contributed by atoms with Gasteiger partial charge in [-0.05, 0) is 30.9 Å². The molecule has 2 heterocycles. The third kappa shape index (κ3) is 3.18. The average Bonchev–Trinajstić information content (AvgIpc) is 3.17. The van der Waals surface area contributed by atoms with Crippen molar-refractivity contribution in [3.63, 3.8) is 0 Å². The van der Waals surface area contributed by atoms with E-state index in [-0.39, 0.29) is 10.6 Å². The highest BCUT2D eigenvalue weighted by atomic mass is 16.6. The molecule has 1 fully saturated rings. The highest BCUT2D eigenvalue weighted by Crippen LogP contribution is 2.27. The van der Waals surface area contributed by atoms with Crippen LogP contribution in [0.3, 0.4) is 0 Å². The van der Waals surface area contributed by atoms with Crippen LogP contribution >= 0.6 is 0 Å². The lowest BCUT2D eigenvalue weighted by Gasteiger charge is -2.18. The monoisotopic (exact) mass is 287 g/mol. The van der Waals surface area contributed by atoms with Gasteiger partial charge in [-0.2, -0.15) is 5.10 Å². The highest BCUT2D eigenvalue weighted by Gasteiger charge is 2.22. The van der Waals surface area contributed by atoms with Crippen LogP contribution in [-0.4, -0.2) is 32.8 Å². The summed E-state index contributed by atoms with van der Waals surface area (Å²) in [4.78, 5) is 16.5. The van der Waals surface area contributed by atoms with Crippen molar-refractivity contribution in [3.05, 3.63) is 47.0 Å². The Bertz CT molecular complexity index is 596. The van der Waals surface area contributed by atoms with Gasteiger partial charge in [0.1, 0.15) is 12.7 Å². The molecule has 1 aromatic carbocycles. The van der Waals surface area contributed by atoms with E-state index in [9.17, 15) is 10.1 Å². The molecule has 0 amide bonds. The maximum Gasteiger partial charge on any atom is 0.269 e. The lowest BCUT2D eigenvalue weighted by Crippen LogP contribution is -2.20. The van der Waals surface area contributed by atoms with E-state index in [1.807, 2.05) is 16.8 Å². The Balaban J connectivity index is 1.55. The summed E-state index contributed by atoms with van der Waals surface area (Å²) >= 11 is 0. The van der Waals surface area contributed by atoms with E-state index in [4.69, 9.17) is 0 Å². The molecule has 3 rings (SSSR count). The Labute approximate surface area is 122 Å². The van der Waals surface area contributed by atoms with E-state index in [1.165, 1.54) is 0 Å². The summed E-state index contributed by atoms with van der Waals surface area (Å²) in [6.45, 7) is 2.88. The van der Waals surface area contributed by atoms with E-state index in [2.05, 4.69) is 15.0 Å². The fourth-order valence-corrected chi connectivity index (χ4v) is 2.75. The molecular formula is C14H17N5O2. The van der Waals surface area contributed by atoms with Crippen LogP contribution in [0.25, 0.3) is 0 Å². The Morgan fingerprint density at radius 3 is 2.81 bits per heavy atom. The molecule has 1 aliphatic heterocycles. The van der Waals surface area contributed by atoms with Crippen molar-refractivity contribution < 1.29 is 4.92 Å². The molecule has 0 saturated carbocycles. The van der Waals surface area contributed by atoms with Crippen molar-refractivity contribution in [3.8, 4) is 0 Å². The van der Waals surface area contributed by atoms with Crippen LogP contribution in [0.1, 0.15) is 12.8 Å². The van der Waals surface area contributed by atoms with Crippen molar-refractivity contribution in [1.82, 2.24) is 14.8 Å². The molecule has 7 nitrogen and oxygen atoms in total. The van der Waals surface area contributed by atoms with Gasteiger partial charge in [-0.15, -0.1) is 0 Å². The predicted molar refractivity (Wildman–Crippen MR) is 78.1 cm³/mol. The molecule has 0 aliphatic carbocycles. The Morgan fingerprint density at radius 2 is 2.14 bits per heavy atom. The lowest BCUT2D eigenvalue weighted by molar-refractivity contribution is -0.384. The molecule has 0 radical (unpaired) electrons. The van der Waals surface area contributed by atoms with Gasteiger partial charge >= 0.3 is 0 Å². The van der Waals surface area contributed by atoms with Crippen molar-refractivity contribution in [1.29, 1.82) is 0 Å². The predicted octanol–water partition coefficient (Wildman–Crippen LogP) is 2.10. The second kappa shape index (κ2) is 5.90. The standard InChI is InChI=1S/C14H17N5O2/c20-19(21)14-3-1-13(2-4-14)17-7-5-12(9-17)6-8-18-11-15-10-16-18/h1-4,10-12H,5-9H2. The van der Waals surface area contributed by atoms with Gasteiger partial charge in [-0.1, -0.05) is 0 Å². The molecule has 1 aromatic heterocycles. The second-order valence-corrected chi connectivity index (χ2v) is 5.32. The van der Waals surface area contributed by atoms with Gasteiger partial charge in [-0.25, -0.2) is 4.98 Å². The molecule has 1 atom stereocenters. The summed E-state index contributed by atoms with van der Waals surface area (Å²) in [5.41, 5.74) is 1.20. The number of anilines is 1. The fraction of sp³-hybridized carbons (Fsp3) is 0.429. The number of nitro groups is 1. The normalized spacial score (nSPS) is 18.1. The first-order chi connectivity index (χ1) is 10.2. The van der Waals surface area contributed by atoms with Crippen LogP contribution in [0.4, 0.5) is 11.4 Å². The molecule has 1 saturated heterocycles. The van der Waals surface area contributed by atoms with E-state index < -0.39 is 0 Å². The molecule has 0 N–H and O–H groups in total. The van der Waals surface area contributed by atoms with E-state index in [0.717, 1.165) is 38.2 Å². The fourth-order valence-electron chi connectivity index (χ4n) is 2.75. The van der Waals surface area contributed by atoms with E-state index in [1.54, 1.807) is 24.8 Å². The van der Waals surface area contributed by atoms with E-state index >= 15 is 0 Å². The minimum atomic E-state index is -0.366. The third-order valence-corrected chi connectivity index (χ3v) is 3.94. The van der Waals surface area contributed by atoms with E-state index in [0.29, 0.717) is 5.92 Å². The number of aromatic nitrogens is 3. The van der Waals surface area contributed by atoms with Crippen molar-refractivity contribution in [2.75, 3.05) is 18.0 Å². The summed E-state index contributed by atoms with van der Waals surface area (Å²) in [6, 6.07) is 6.80. The number of hydrogen-bond donors (Lipinski definition) is 0. The van der Waals surface area contributed by atoms with Crippen LogP contribution in [0.5, 0.6) is 0 Å². The number of hydrogen-bond acceptors (Lipinski definition) is 5. The Hall–Kier alpha value is -2.44. The maximum absolute atomic E-state index is 10.7. The maximum atomic E-state index is 10.7. The summed E-state index contributed by atoms with van der Waals surface area (Å²) < 4.78 is 1.86. The zero-order valence-electron chi connectivity index (χ0n) is 11.6. The molecule has 2 aromatic rings. The number of benzene rings is 1. The molecule has 1 unspecified atom stereocenters. The van der Waals surface area contributed by atoms with Crippen LogP contribution in [0.15, 0.2) is 36.9 Å². The average molecular weight is 287 g/mol. The first kappa shape index (κ1) is 13.5. The van der Waals surface area contributed by atoms with Crippen molar-refractivity contribution in [2.45, 2.75) is 19.4 Å². The summed E-state index contributed by atoms with van der Waals surface area (Å²) in [5.74, 6) is 0.629. The molecule has 110 valence electrons. The van der Waals surface area contributed by atoms with Gasteiger partial charge in [0.15, 0.2) is 0 Å². The zero-order chi connectivity index (χ0) is 14.7. The van der Waals surface area contributed by atoms with Gasteiger partial charge in [-0.3, -0.25) is 14.8 Å². The van der Waals surface area contributed by atoms with Crippen LogP contribution < -0.4 is 4.90 Å². The zero-order valence-corrected chi connectivity index (χ0v) is 11.6. The molecule has 7 heteroatoms. The summed E-state index contributed by atoms with van der Waals surface area (Å²) in [6.07, 6.45) is 5.51. The Kier molecular flexibility index (Phi) is 3.81. The highest BCUT2D eigenvalue weighted by molar-refractivity contribution is 5.51. The molecule has 1 aliphatic rings. The number of rotatable bonds is 5. The van der Waals surface area contributed by atoms with Gasteiger partial charge in [0, 0.05) is 37.5 Å². The molecule has 21 heavy (non-hydrogen) atoms. The number of non-ortho nitro benzene ring substituents is 1. The van der Waals surface area contributed by atoms with Crippen LogP contribution in [-0.2, 0) is 6.54 Å². The summed E-state index contributed by atoms with van der Waals surface area (Å²) in [7, 11) is 0. The SMILES string of the molecule is O=[N+]([O-])c1ccc(N2CCC(CCn3cncn3)C2)cc1. The number of aryl methyl sites for hydroxylation is 1. The molecule has 0 bridgehead atoms. The van der Waals surface area contributed by atoms with Crippen molar-refractivity contribution in [2.24, 2.45) is 5.92 Å². The number of nitrogens with zero attached hydrogens (tertiary/aromatic N) is 5. The minimum Gasteiger partial charge on any atom is -0.371 e. The Morgan fingerprint density at radius 1 is 1.33 bits per heavy atom. The molecule has 0 spiro atoms. The summed E-state index contributed by atoms with van der Waals surface area (Å²) in [5, 5.41) is 14.8. The third-order valence-electron chi connectivity index (χ3n) is 3.94. The minimum absolute atomic E-state index is 0.140. The molecular weight excluding hydrogens is 270 g/mol. The topological polar surface area (TPSA) is 77.1 Å². The number of nitro benzene ring substituents is 1. The first-order valence-electron chi connectivity index (χ1n) is 7.04. The smallest absolute Gasteiger partial charge is 0.269 e. The van der Waals surface area contributed by atoms with Gasteiger partial charge in [0.05, 0.1) is 4.92 Å². The van der Waals surface area contributed by atoms with Crippen LogP contribution in [0.2, 0.25) is 0 Å². The van der Waals surface area contributed by atoms with Crippen molar-refractivity contribution >= 4 is 11.4 Å². The lowest BCUT2D eigenvalue weighted by atomic mass is 10.1. The largest absolute Gasteiger partial charge is 0.371 e. The van der Waals surface area contributed by atoms with Crippen LogP contribution in [0, 0.1) is 16.0 Å². The van der Waals surface area contributed by atoms with Gasteiger partial charge < -0.3 is 4.90 Å². The van der Waals surface area contributed by atoms with Gasteiger partial charge in [0.2, 0.25) is 0 Å². The van der Waals surface area contributed by atoms with Gasteiger partial charge in [0.25, 0.3) is 5.69 Å².